The van der Waals surface area contributed by atoms with E-state index in [0.29, 0.717) is 24.9 Å². The van der Waals surface area contributed by atoms with Crippen LogP contribution in [0, 0.1) is 5.92 Å². The fraction of sp³-hybridized carbons (Fsp3) is 0.533. The summed E-state index contributed by atoms with van der Waals surface area (Å²) in [7, 11) is 0. The molecule has 5 heteroatoms. The predicted octanol–water partition coefficient (Wildman–Crippen LogP) is 1.78. The molecule has 1 heterocycles. The van der Waals surface area contributed by atoms with E-state index in [4.69, 9.17) is 14.6 Å². The molecule has 5 nitrogen and oxygen atoms in total. The topological polar surface area (TPSA) is 67.8 Å². The molecule has 0 spiro atoms. The molecular formula is C15H21NO4. The summed E-state index contributed by atoms with van der Waals surface area (Å²) in [6.07, 6.45) is 2.31. The Morgan fingerprint density at radius 1 is 1.25 bits per heavy atom. The molecule has 1 fully saturated rings. The van der Waals surface area contributed by atoms with Gasteiger partial charge in [0.05, 0.1) is 6.61 Å². The molecule has 1 saturated heterocycles. The van der Waals surface area contributed by atoms with Crippen LogP contribution in [0.4, 0.5) is 0 Å². The monoisotopic (exact) mass is 279 g/mol. The van der Waals surface area contributed by atoms with E-state index in [-0.39, 0.29) is 5.56 Å². The Morgan fingerprint density at radius 3 is 2.75 bits per heavy atom. The van der Waals surface area contributed by atoms with Crippen molar-refractivity contribution < 1.29 is 19.4 Å². The Labute approximate surface area is 118 Å². The molecule has 0 bridgehead atoms. The number of rotatable bonds is 7. The number of aromatic carboxylic acids is 1. The molecule has 1 aliphatic heterocycles. The predicted molar refractivity (Wildman–Crippen MR) is 75.3 cm³/mol. The van der Waals surface area contributed by atoms with Crippen LogP contribution in [0.1, 0.15) is 23.2 Å². The molecule has 0 unspecified atom stereocenters. The van der Waals surface area contributed by atoms with Crippen LogP contribution < -0.4 is 10.1 Å². The zero-order valence-corrected chi connectivity index (χ0v) is 11.5. The lowest BCUT2D eigenvalue weighted by atomic mass is 9.99. The van der Waals surface area contributed by atoms with E-state index in [1.165, 1.54) is 6.07 Å². The van der Waals surface area contributed by atoms with Crippen LogP contribution in [-0.4, -0.2) is 44.0 Å². The highest BCUT2D eigenvalue weighted by Crippen LogP contribution is 2.17. The lowest BCUT2D eigenvalue weighted by Crippen LogP contribution is -2.30. The van der Waals surface area contributed by atoms with Gasteiger partial charge in [0, 0.05) is 6.61 Å². The smallest absolute Gasteiger partial charge is 0.339 e. The van der Waals surface area contributed by atoms with Gasteiger partial charge in [-0.15, -0.1) is 0 Å². The second kappa shape index (κ2) is 7.87. The summed E-state index contributed by atoms with van der Waals surface area (Å²) in [4.78, 5) is 11.0. The van der Waals surface area contributed by atoms with Crippen LogP contribution in [-0.2, 0) is 4.74 Å². The molecule has 2 N–H and O–H groups in total. The summed E-state index contributed by atoms with van der Waals surface area (Å²) in [6, 6.07) is 6.64. The van der Waals surface area contributed by atoms with Crippen molar-refractivity contribution in [3.8, 4) is 5.75 Å². The Hall–Kier alpha value is -1.59. The Kier molecular flexibility index (Phi) is 5.83. The average molecular weight is 279 g/mol. The second-order valence-corrected chi connectivity index (χ2v) is 4.92. The minimum Gasteiger partial charge on any atom is -0.490 e. The van der Waals surface area contributed by atoms with E-state index >= 15 is 0 Å². The lowest BCUT2D eigenvalue weighted by Gasteiger charge is -2.22. The summed E-state index contributed by atoms with van der Waals surface area (Å²) < 4.78 is 11.1. The number of piperidine rings is 1. The molecule has 20 heavy (non-hydrogen) atoms. The van der Waals surface area contributed by atoms with Gasteiger partial charge in [-0.25, -0.2) is 4.79 Å². The maximum absolute atomic E-state index is 11.0. The van der Waals surface area contributed by atoms with Crippen LogP contribution in [0.5, 0.6) is 5.75 Å². The summed E-state index contributed by atoms with van der Waals surface area (Å²) in [5.74, 6) is 0.0456. The van der Waals surface area contributed by atoms with Gasteiger partial charge in [-0.1, -0.05) is 12.1 Å². The van der Waals surface area contributed by atoms with Gasteiger partial charge in [0.15, 0.2) is 0 Å². The number of hydrogen-bond donors (Lipinski definition) is 2. The maximum Gasteiger partial charge on any atom is 0.339 e. The van der Waals surface area contributed by atoms with Gasteiger partial charge >= 0.3 is 5.97 Å². The zero-order chi connectivity index (χ0) is 14.2. The van der Waals surface area contributed by atoms with E-state index < -0.39 is 5.97 Å². The second-order valence-electron chi connectivity index (χ2n) is 4.92. The molecule has 0 aliphatic carbocycles. The molecule has 110 valence electrons. The number of ether oxygens (including phenoxy) is 2. The van der Waals surface area contributed by atoms with Gasteiger partial charge < -0.3 is 19.9 Å². The number of hydrogen-bond acceptors (Lipinski definition) is 4. The van der Waals surface area contributed by atoms with Crippen molar-refractivity contribution in [2.75, 3.05) is 32.9 Å². The van der Waals surface area contributed by atoms with E-state index in [9.17, 15) is 4.79 Å². The van der Waals surface area contributed by atoms with Crippen molar-refractivity contribution in [2.24, 2.45) is 5.92 Å². The number of carbonyl (C=O) groups is 1. The van der Waals surface area contributed by atoms with E-state index in [1.807, 2.05) is 0 Å². The Morgan fingerprint density at radius 2 is 2.00 bits per heavy atom. The summed E-state index contributed by atoms with van der Waals surface area (Å²) in [6.45, 7) is 3.74. The first-order valence-corrected chi connectivity index (χ1v) is 7.01. The largest absolute Gasteiger partial charge is 0.490 e. The van der Waals surface area contributed by atoms with E-state index in [0.717, 1.165) is 32.5 Å². The molecule has 1 aliphatic rings. The molecule has 1 aromatic carbocycles. The highest BCUT2D eigenvalue weighted by molar-refractivity contribution is 5.90. The van der Waals surface area contributed by atoms with Crippen LogP contribution in [0.3, 0.4) is 0 Å². The van der Waals surface area contributed by atoms with Crippen molar-refractivity contribution in [1.29, 1.82) is 0 Å². The molecule has 0 radical (unpaired) electrons. The third-order valence-corrected chi connectivity index (χ3v) is 3.41. The Bertz CT molecular complexity index is 430. The van der Waals surface area contributed by atoms with Crippen molar-refractivity contribution in [2.45, 2.75) is 12.8 Å². The minimum atomic E-state index is -0.976. The molecular weight excluding hydrogens is 258 g/mol. The first-order chi connectivity index (χ1) is 9.77. The maximum atomic E-state index is 11.0. The molecule has 0 atom stereocenters. The van der Waals surface area contributed by atoms with Crippen LogP contribution in [0.25, 0.3) is 0 Å². The summed E-state index contributed by atoms with van der Waals surface area (Å²) in [5.41, 5.74) is 0.186. The summed E-state index contributed by atoms with van der Waals surface area (Å²) in [5, 5.41) is 12.3. The highest BCUT2D eigenvalue weighted by Gasteiger charge is 2.13. The molecule has 0 saturated carbocycles. The highest BCUT2D eigenvalue weighted by atomic mass is 16.5. The fourth-order valence-electron chi connectivity index (χ4n) is 2.28. The van der Waals surface area contributed by atoms with Crippen molar-refractivity contribution in [3.63, 3.8) is 0 Å². The first kappa shape index (κ1) is 14.8. The Balaban J connectivity index is 1.67. The molecule has 0 amide bonds. The molecule has 0 aromatic heterocycles. The van der Waals surface area contributed by atoms with Gasteiger partial charge in [-0.3, -0.25) is 0 Å². The van der Waals surface area contributed by atoms with Gasteiger partial charge in [0.2, 0.25) is 0 Å². The van der Waals surface area contributed by atoms with E-state index in [2.05, 4.69) is 5.32 Å². The van der Waals surface area contributed by atoms with Crippen molar-refractivity contribution in [1.82, 2.24) is 5.32 Å². The van der Waals surface area contributed by atoms with Crippen molar-refractivity contribution >= 4 is 5.97 Å². The number of benzene rings is 1. The quantitative estimate of drug-likeness (QED) is 0.745. The zero-order valence-electron chi connectivity index (χ0n) is 11.5. The van der Waals surface area contributed by atoms with Crippen LogP contribution >= 0.6 is 0 Å². The third kappa shape index (κ3) is 4.51. The standard InChI is InChI=1S/C15H21NO4/c17-15(18)13-3-1-2-4-14(13)20-10-9-19-11-12-5-7-16-8-6-12/h1-4,12,16H,5-11H2,(H,17,18). The van der Waals surface area contributed by atoms with E-state index in [1.54, 1.807) is 18.2 Å². The molecule has 1 aromatic rings. The van der Waals surface area contributed by atoms with Gasteiger partial charge in [0.25, 0.3) is 0 Å². The third-order valence-electron chi connectivity index (χ3n) is 3.41. The summed E-state index contributed by atoms with van der Waals surface area (Å²) >= 11 is 0. The normalized spacial score (nSPS) is 16.0. The number of carboxylic acids is 1. The van der Waals surface area contributed by atoms with Gasteiger partial charge in [-0.2, -0.15) is 0 Å². The minimum absolute atomic E-state index is 0.186. The number of carboxylic acid groups (broad SMARTS) is 1. The number of nitrogens with one attached hydrogen (secondary N) is 1. The van der Waals surface area contributed by atoms with Gasteiger partial charge in [0.1, 0.15) is 17.9 Å². The fourth-order valence-corrected chi connectivity index (χ4v) is 2.28. The lowest BCUT2D eigenvalue weighted by molar-refractivity contribution is 0.0626. The van der Waals surface area contributed by atoms with Gasteiger partial charge in [-0.05, 0) is 44.0 Å². The SMILES string of the molecule is O=C(O)c1ccccc1OCCOCC1CCNCC1. The van der Waals surface area contributed by atoms with Crippen molar-refractivity contribution in [3.05, 3.63) is 29.8 Å². The first-order valence-electron chi connectivity index (χ1n) is 7.01. The van der Waals surface area contributed by atoms with Crippen LogP contribution in [0.2, 0.25) is 0 Å². The number of para-hydroxylation sites is 1. The average Bonchev–Trinajstić information content (AvgIpc) is 2.48. The molecule has 2 rings (SSSR count). The van der Waals surface area contributed by atoms with Crippen LogP contribution in [0.15, 0.2) is 24.3 Å².